The predicted octanol–water partition coefficient (Wildman–Crippen LogP) is 1.09. The van der Waals surface area contributed by atoms with E-state index in [1.165, 1.54) is 10.8 Å². The molecule has 0 radical (unpaired) electrons. The van der Waals surface area contributed by atoms with E-state index in [2.05, 4.69) is 30.2 Å². The molecule has 3 N–H and O–H groups in total. The molecule has 7 rings (SSSR count). The molecule has 3 atom stereocenters. The Morgan fingerprint density at radius 1 is 1.13 bits per heavy atom. The summed E-state index contributed by atoms with van der Waals surface area (Å²) < 4.78 is 29.1. The van der Waals surface area contributed by atoms with Crippen molar-refractivity contribution in [2.75, 3.05) is 12.0 Å². The number of nitrogens with one attached hydrogen (secondary N) is 1. The molecule has 0 saturated carbocycles. The third kappa shape index (κ3) is 3.38. The monoisotopic (exact) mass is 533 g/mol. The third-order valence-electron chi connectivity index (χ3n) is 7.56. The summed E-state index contributed by atoms with van der Waals surface area (Å²) in [6.45, 7) is 0. The Morgan fingerprint density at radius 2 is 1.92 bits per heavy atom. The Bertz CT molecular complexity index is 1810. The van der Waals surface area contributed by atoms with Gasteiger partial charge in [0.05, 0.1) is 11.9 Å². The first-order valence-electron chi connectivity index (χ1n) is 12.1. The molecule has 2 aliphatic heterocycles. The second kappa shape index (κ2) is 8.05. The molecule has 2 fully saturated rings. The average Bonchev–Trinajstić information content (AvgIpc) is 3.68. The topological polar surface area (TPSA) is 182 Å². The summed E-state index contributed by atoms with van der Waals surface area (Å²) in [6.07, 6.45) is 13.8. The van der Waals surface area contributed by atoms with Crippen LogP contribution < -0.4 is 5.73 Å². The molecule has 5 aromatic rings. The van der Waals surface area contributed by atoms with Crippen molar-refractivity contribution < 1.29 is 13.2 Å². The lowest BCUT2D eigenvalue weighted by Gasteiger charge is -2.38. The van der Waals surface area contributed by atoms with Crippen molar-refractivity contribution in [2.45, 2.75) is 48.6 Å². The number of rotatable bonds is 4. The second-order valence-electron chi connectivity index (χ2n) is 9.85. The largest absolute Gasteiger partial charge is 0.382 e. The number of aromatic amines is 1. The van der Waals surface area contributed by atoms with Crippen molar-refractivity contribution in [2.24, 2.45) is 0 Å². The van der Waals surface area contributed by atoms with Gasteiger partial charge in [0.2, 0.25) is 11.6 Å². The van der Waals surface area contributed by atoms with Gasteiger partial charge in [-0.05, 0) is 25.7 Å². The van der Waals surface area contributed by atoms with E-state index < -0.39 is 9.84 Å². The number of carbonyl (C=O) groups excluding carboxylic acids is 1. The van der Waals surface area contributed by atoms with Crippen LogP contribution in [0.25, 0.3) is 22.6 Å². The number of imidazole rings is 1. The molecule has 38 heavy (non-hydrogen) atoms. The molecule has 0 aromatic carbocycles. The zero-order valence-electron chi connectivity index (χ0n) is 20.3. The highest BCUT2D eigenvalue weighted by Gasteiger charge is 2.46. The van der Waals surface area contributed by atoms with Crippen LogP contribution in [0.5, 0.6) is 0 Å². The first-order valence-corrected chi connectivity index (χ1v) is 14.0. The molecule has 1 unspecified atom stereocenters. The summed E-state index contributed by atoms with van der Waals surface area (Å²) in [5.41, 5.74) is 8.74. The molecule has 194 valence electrons. The van der Waals surface area contributed by atoms with Crippen molar-refractivity contribution in [1.29, 1.82) is 0 Å². The van der Waals surface area contributed by atoms with E-state index in [9.17, 15) is 13.2 Å². The highest BCUT2D eigenvalue weighted by Crippen LogP contribution is 2.45. The minimum atomic E-state index is -3.74. The van der Waals surface area contributed by atoms with Crippen molar-refractivity contribution >= 4 is 33.0 Å². The number of aromatic nitrogens is 9. The molecule has 0 aliphatic carbocycles. The number of amides is 1. The lowest BCUT2D eigenvalue weighted by molar-refractivity contribution is 0.0556. The van der Waals surface area contributed by atoms with Crippen LogP contribution in [0.15, 0.2) is 42.2 Å². The average molecular weight is 534 g/mol. The van der Waals surface area contributed by atoms with Crippen molar-refractivity contribution in [3.05, 3.63) is 48.8 Å². The zero-order valence-corrected chi connectivity index (χ0v) is 21.1. The molecule has 7 heterocycles. The molecule has 5 aromatic heterocycles. The quantitative estimate of drug-likeness (QED) is 0.339. The number of fused-ring (bicyclic) bond motifs is 4. The fourth-order valence-electron chi connectivity index (χ4n) is 6.00. The molecular weight excluding hydrogens is 510 g/mol. The minimum absolute atomic E-state index is 0.0118. The fraction of sp³-hybridized carbons (Fsp3) is 0.348. The van der Waals surface area contributed by atoms with Crippen LogP contribution in [0.1, 0.15) is 47.9 Å². The smallest absolute Gasteiger partial charge is 0.291 e. The lowest BCUT2D eigenvalue weighted by Crippen LogP contribution is -2.46. The van der Waals surface area contributed by atoms with E-state index in [-0.39, 0.29) is 40.4 Å². The Kier molecular flexibility index (Phi) is 4.82. The van der Waals surface area contributed by atoms with Gasteiger partial charge in [-0.3, -0.25) is 14.3 Å². The molecule has 0 spiro atoms. The van der Waals surface area contributed by atoms with E-state index >= 15 is 0 Å². The second-order valence-corrected chi connectivity index (χ2v) is 11.8. The first-order chi connectivity index (χ1) is 18.3. The number of nitrogens with two attached hydrogens (primary N) is 1. The molecule has 1 amide bonds. The molecule has 15 heteroatoms. The van der Waals surface area contributed by atoms with Gasteiger partial charge in [-0.2, -0.15) is 14.7 Å². The minimum Gasteiger partial charge on any atom is -0.382 e. The summed E-state index contributed by atoms with van der Waals surface area (Å²) in [7, 11) is -3.74. The summed E-state index contributed by atoms with van der Waals surface area (Å²) in [4.78, 5) is 32.4. The standard InChI is InChI=1S/C23H23N11O3S/c1-38(36,37)18-17(12-6-14-2-3-15(7-12)33(14)22(35)20-27-11-28-31-20)30-21-16(9-29-34(21)19(18)24)13-8-26-23-25-4-5-32(23)10-13/h4-5,8-12,14-15H,2-3,6-7,24H2,1H3,(H,27,28,31)/t12?,14-,15+. The summed E-state index contributed by atoms with van der Waals surface area (Å²) >= 11 is 0. The van der Waals surface area contributed by atoms with Gasteiger partial charge in [0.1, 0.15) is 17.0 Å². The molecule has 14 nitrogen and oxygen atoms in total. The van der Waals surface area contributed by atoms with Crippen LogP contribution in [0.2, 0.25) is 0 Å². The maximum absolute atomic E-state index is 13.1. The van der Waals surface area contributed by atoms with Crippen LogP contribution in [-0.4, -0.2) is 81.7 Å². The van der Waals surface area contributed by atoms with Crippen LogP contribution in [0, 0.1) is 0 Å². The fourth-order valence-corrected chi connectivity index (χ4v) is 7.06. The Labute approximate surface area is 215 Å². The lowest BCUT2D eigenvalue weighted by atomic mass is 9.87. The highest BCUT2D eigenvalue weighted by molar-refractivity contribution is 7.91. The summed E-state index contributed by atoms with van der Waals surface area (Å²) in [5, 5.41) is 10.8. The normalized spacial score (nSPS) is 21.5. The number of nitrogens with zero attached hydrogens (tertiary/aromatic N) is 9. The van der Waals surface area contributed by atoms with Crippen molar-refractivity contribution in [3.63, 3.8) is 0 Å². The van der Waals surface area contributed by atoms with Gasteiger partial charge in [0.15, 0.2) is 15.5 Å². The van der Waals surface area contributed by atoms with Crippen molar-refractivity contribution in [3.8, 4) is 11.1 Å². The third-order valence-corrected chi connectivity index (χ3v) is 8.72. The SMILES string of the molecule is CS(=O)(=O)c1c(C2C[C@H]3CC[C@@H](C2)N3C(=O)c2ncn[nH]2)nc2c(-c3cnc4nccn4c3)cnn2c1N. The van der Waals surface area contributed by atoms with E-state index in [4.69, 9.17) is 10.7 Å². The number of anilines is 1. The number of hydrogen-bond donors (Lipinski definition) is 2. The van der Waals surface area contributed by atoms with Gasteiger partial charge in [-0.1, -0.05) is 0 Å². The number of carbonyl (C=O) groups is 1. The summed E-state index contributed by atoms with van der Waals surface area (Å²) in [5.74, 6) is 0.372. The number of H-pyrrole nitrogens is 1. The highest BCUT2D eigenvalue weighted by atomic mass is 32.2. The van der Waals surface area contributed by atoms with E-state index in [1.807, 2.05) is 11.1 Å². The first kappa shape index (κ1) is 22.8. The zero-order chi connectivity index (χ0) is 26.2. The van der Waals surface area contributed by atoms with E-state index in [1.54, 1.807) is 29.2 Å². The van der Waals surface area contributed by atoms with Gasteiger partial charge in [0.25, 0.3) is 5.91 Å². The van der Waals surface area contributed by atoms with Crippen LogP contribution in [0.3, 0.4) is 0 Å². The Morgan fingerprint density at radius 3 is 2.63 bits per heavy atom. The number of piperidine rings is 1. The van der Waals surface area contributed by atoms with Crippen molar-refractivity contribution in [1.82, 2.24) is 49.0 Å². The van der Waals surface area contributed by atoms with Gasteiger partial charge in [-0.25, -0.2) is 28.4 Å². The maximum Gasteiger partial charge on any atom is 0.291 e. The van der Waals surface area contributed by atoms with E-state index in [0.29, 0.717) is 35.5 Å². The van der Waals surface area contributed by atoms with Crippen LogP contribution in [-0.2, 0) is 9.84 Å². The predicted molar refractivity (Wildman–Crippen MR) is 134 cm³/mol. The van der Waals surface area contributed by atoms with Gasteiger partial charge in [-0.15, -0.1) is 0 Å². The molecular formula is C23H23N11O3S. The molecule has 2 aliphatic rings. The van der Waals surface area contributed by atoms with Gasteiger partial charge >= 0.3 is 0 Å². The number of hydrogen-bond acceptors (Lipinski definition) is 10. The van der Waals surface area contributed by atoms with Crippen LogP contribution >= 0.6 is 0 Å². The number of sulfone groups is 1. The summed E-state index contributed by atoms with van der Waals surface area (Å²) in [6, 6.07) is -0.138. The molecule has 2 bridgehead atoms. The molecule has 2 saturated heterocycles. The number of nitrogen functional groups attached to an aromatic ring is 1. The van der Waals surface area contributed by atoms with Crippen LogP contribution in [0.4, 0.5) is 5.82 Å². The van der Waals surface area contributed by atoms with E-state index in [0.717, 1.165) is 24.7 Å². The van der Waals surface area contributed by atoms with Gasteiger partial charge < -0.3 is 10.6 Å². The Balaban J connectivity index is 1.33. The van der Waals surface area contributed by atoms with Gasteiger partial charge in [0, 0.05) is 60.2 Å². The Hall–Kier alpha value is -4.40. The maximum atomic E-state index is 13.1.